The van der Waals surface area contributed by atoms with E-state index >= 15 is 0 Å². The van der Waals surface area contributed by atoms with Gasteiger partial charge in [-0.3, -0.25) is 9.59 Å². The van der Waals surface area contributed by atoms with Crippen LogP contribution in [0.2, 0.25) is 0 Å². The fourth-order valence-electron chi connectivity index (χ4n) is 2.78. The van der Waals surface area contributed by atoms with Crippen LogP contribution in [0.15, 0.2) is 25.3 Å². The Kier molecular flexibility index (Phi) is 12.3. The lowest BCUT2D eigenvalue weighted by Gasteiger charge is -2.33. The highest BCUT2D eigenvalue weighted by Gasteiger charge is 2.16. The maximum absolute atomic E-state index is 11.1. The van der Waals surface area contributed by atoms with Gasteiger partial charge in [-0.15, -0.1) is 0 Å². The topological polar surface area (TPSA) is 58.2 Å². The van der Waals surface area contributed by atoms with Gasteiger partial charge in [0.15, 0.2) is 0 Å². The molecule has 0 saturated carbocycles. The molecular formula is C20H40N3O2S+. The lowest BCUT2D eigenvalue weighted by atomic mass is 10.2. The van der Waals surface area contributed by atoms with Crippen molar-refractivity contribution in [2.75, 3.05) is 64.3 Å². The molecule has 0 aromatic rings. The second-order valence-corrected chi connectivity index (χ2v) is 12.3. The van der Waals surface area contributed by atoms with Crippen LogP contribution in [0.25, 0.3) is 0 Å². The molecule has 0 bridgehead atoms. The first-order valence-electron chi connectivity index (χ1n) is 9.43. The van der Waals surface area contributed by atoms with E-state index in [1.165, 1.54) is 43.0 Å². The van der Waals surface area contributed by atoms with Crippen LogP contribution in [-0.2, 0) is 9.59 Å². The summed E-state index contributed by atoms with van der Waals surface area (Å²) >= 11 is 0. The summed E-state index contributed by atoms with van der Waals surface area (Å²) < 4.78 is 0.993. The summed E-state index contributed by atoms with van der Waals surface area (Å²) in [5.41, 5.74) is 0. The number of quaternary nitrogens is 1. The normalized spacial score (nSPS) is 12.3. The van der Waals surface area contributed by atoms with E-state index in [9.17, 15) is 9.59 Å². The Morgan fingerprint density at radius 1 is 0.846 bits per heavy atom. The summed E-state index contributed by atoms with van der Waals surface area (Å²) in [6, 6.07) is 0. The number of rotatable bonds is 15. The highest BCUT2D eigenvalue weighted by Crippen LogP contribution is 2.41. The Hall–Kier alpha value is -1.27. The van der Waals surface area contributed by atoms with Crippen molar-refractivity contribution in [2.24, 2.45) is 0 Å². The van der Waals surface area contributed by atoms with Crippen molar-refractivity contribution in [1.29, 1.82) is 0 Å². The largest absolute Gasteiger partial charge is 0.353 e. The van der Waals surface area contributed by atoms with Gasteiger partial charge in [-0.1, -0.05) is 13.2 Å². The zero-order chi connectivity index (χ0) is 20.1. The molecule has 0 aliphatic heterocycles. The average Bonchev–Trinajstić information content (AvgIpc) is 2.59. The molecule has 5 nitrogen and oxygen atoms in total. The molecule has 0 radical (unpaired) electrons. The molecule has 0 unspecified atom stereocenters. The van der Waals surface area contributed by atoms with Gasteiger partial charge in [0.25, 0.3) is 0 Å². The Morgan fingerprint density at radius 2 is 1.31 bits per heavy atom. The van der Waals surface area contributed by atoms with E-state index in [0.717, 1.165) is 30.4 Å². The molecule has 0 saturated heterocycles. The summed E-state index contributed by atoms with van der Waals surface area (Å²) in [4.78, 5) is 22.3. The Morgan fingerprint density at radius 3 is 1.85 bits per heavy atom. The van der Waals surface area contributed by atoms with Crippen molar-refractivity contribution in [3.8, 4) is 0 Å². The van der Waals surface area contributed by atoms with E-state index in [2.05, 4.69) is 50.4 Å². The minimum absolute atomic E-state index is 0.0816. The lowest BCUT2D eigenvalue weighted by Crippen LogP contribution is -2.42. The molecule has 2 amide bonds. The van der Waals surface area contributed by atoms with Gasteiger partial charge in [0.1, 0.15) is 0 Å². The molecule has 0 aromatic carbocycles. The molecule has 6 heteroatoms. The van der Waals surface area contributed by atoms with Crippen molar-refractivity contribution in [2.45, 2.75) is 25.7 Å². The summed E-state index contributed by atoms with van der Waals surface area (Å²) in [5.74, 6) is 2.31. The van der Waals surface area contributed by atoms with Crippen molar-refractivity contribution >= 4 is 21.8 Å². The van der Waals surface area contributed by atoms with E-state index in [1.54, 1.807) is 0 Å². The Balaban J connectivity index is 3.85. The summed E-state index contributed by atoms with van der Waals surface area (Å²) in [6.45, 7) is 10.6. The Bertz CT molecular complexity index is 420. The molecule has 0 heterocycles. The van der Waals surface area contributed by atoms with Gasteiger partial charge >= 0.3 is 0 Å². The van der Waals surface area contributed by atoms with Crippen LogP contribution in [0.1, 0.15) is 25.7 Å². The van der Waals surface area contributed by atoms with Gasteiger partial charge in [0.2, 0.25) is 11.8 Å². The van der Waals surface area contributed by atoms with Crippen LogP contribution in [0, 0.1) is 0 Å². The number of carbonyl (C=O) groups excluding carboxylic acids is 2. The van der Waals surface area contributed by atoms with Crippen molar-refractivity contribution < 1.29 is 14.1 Å². The summed E-state index contributed by atoms with van der Waals surface area (Å²) in [7, 11) is 3.94. The third kappa shape index (κ3) is 14.0. The second-order valence-electron chi connectivity index (χ2n) is 7.96. The van der Waals surface area contributed by atoms with Gasteiger partial charge in [-0.2, -0.15) is 0 Å². The lowest BCUT2D eigenvalue weighted by molar-refractivity contribution is -0.890. The predicted octanol–water partition coefficient (Wildman–Crippen LogP) is 2.29. The predicted molar refractivity (Wildman–Crippen MR) is 116 cm³/mol. The van der Waals surface area contributed by atoms with Crippen LogP contribution in [0.4, 0.5) is 0 Å². The molecule has 0 aromatic heterocycles. The number of amides is 2. The highest BCUT2D eigenvalue weighted by atomic mass is 32.3. The van der Waals surface area contributed by atoms with Gasteiger partial charge in [0, 0.05) is 19.5 Å². The zero-order valence-corrected chi connectivity index (χ0v) is 18.1. The van der Waals surface area contributed by atoms with E-state index in [1.807, 2.05) is 0 Å². The molecular weight excluding hydrogens is 346 g/mol. The Labute approximate surface area is 162 Å². The maximum Gasteiger partial charge on any atom is 0.243 e. The number of hydrogen-bond acceptors (Lipinski definition) is 2. The molecule has 0 spiro atoms. The molecule has 0 atom stereocenters. The van der Waals surface area contributed by atoms with E-state index in [-0.39, 0.29) is 11.8 Å². The van der Waals surface area contributed by atoms with Crippen LogP contribution in [0.3, 0.4) is 0 Å². The number of unbranched alkanes of at least 4 members (excludes halogenated alkanes) is 1. The minimum atomic E-state index is -0.578. The maximum atomic E-state index is 11.1. The van der Waals surface area contributed by atoms with E-state index < -0.39 is 10.0 Å². The van der Waals surface area contributed by atoms with Crippen LogP contribution >= 0.6 is 10.0 Å². The SMILES string of the molecule is C=CC(=O)NCCC[N+](C)(C)CCCCS(C)(C)CCCNC(=O)C=C. The van der Waals surface area contributed by atoms with Crippen LogP contribution < -0.4 is 10.6 Å². The molecule has 0 fully saturated rings. The highest BCUT2D eigenvalue weighted by molar-refractivity contribution is 8.32. The molecule has 152 valence electrons. The standard InChI is InChI=1S/C20H39N3O2S/c1-7-19(24)21-13-11-16-23(3,4)15-9-10-17-26(5,6)18-12-14-22-20(25)8-2/h7-8H,1-2,9-18H2,3-6H3,(H-,21,22,24,25)/p+1. The third-order valence-electron chi connectivity index (χ3n) is 4.49. The number of hydrogen-bond donors (Lipinski definition) is 2. The summed E-state index contributed by atoms with van der Waals surface area (Å²) in [6.07, 6.45) is 11.9. The van der Waals surface area contributed by atoms with Crippen molar-refractivity contribution in [3.63, 3.8) is 0 Å². The fraction of sp³-hybridized carbons (Fsp3) is 0.700. The summed E-state index contributed by atoms with van der Waals surface area (Å²) in [5, 5.41) is 5.68. The van der Waals surface area contributed by atoms with Crippen LogP contribution in [0.5, 0.6) is 0 Å². The second kappa shape index (κ2) is 13.0. The number of carbonyl (C=O) groups is 2. The smallest absolute Gasteiger partial charge is 0.243 e. The first kappa shape index (κ1) is 24.7. The molecule has 26 heavy (non-hydrogen) atoms. The fourth-order valence-corrected chi connectivity index (χ4v) is 4.90. The third-order valence-corrected chi connectivity index (χ3v) is 7.28. The number of nitrogens with one attached hydrogen (secondary N) is 2. The quantitative estimate of drug-likeness (QED) is 0.258. The van der Waals surface area contributed by atoms with Crippen LogP contribution in [-0.4, -0.2) is 80.6 Å². The van der Waals surface area contributed by atoms with Crippen molar-refractivity contribution in [3.05, 3.63) is 25.3 Å². The van der Waals surface area contributed by atoms with Gasteiger partial charge in [0.05, 0.1) is 27.2 Å². The van der Waals surface area contributed by atoms with E-state index in [0.29, 0.717) is 6.54 Å². The molecule has 0 aliphatic rings. The number of nitrogens with zero attached hydrogens (tertiary/aromatic N) is 1. The van der Waals surface area contributed by atoms with E-state index in [4.69, 9.17) is 0 Å². The first-order chi connectivity index (χ1) is 12.1. The zero-order valence-electron chi connectivity index (χ0n) is 17.3. The monoisotopic (exact) mass is 386 g/mol. The van der Waals surface area contributed by atoms with Gasteiger partial charge in [-0.25, -0.2) is 10.0 Å². The average molecular weight is 387 g/mol. The van der Waals surface area contributed by atoms with Gasteiger partial charge < -0.3 is 15.1 Å². The van der Waals surface area contributed by atoms with Crippen molar-refractivity contribution in [1.82, 2.24) is 10.6 Å². The molecule has 0 aliphatic carbocycles. The molecule has 0 rings (SSSR count). The molecule has 2 N–H and O–H groups in total. The van der Waals surface area contributed by atoms with Gasteiger partial charge in [-0.05, 0) is 55.4 Å². The minimum Gasteiger partial charge on any atom is -0.353 e. The first-order valence-corrected chi connectivity index (χ1v) is 12.2.